The Balaban J connectivity index is 1.52. The number of carbonyl (C=O) groups is 1. The van der Waals surface area contributed by atoms with Gasteiger partial charge in [0.25, 0.3) is 0 Å². The quantitative estimate of drug-likeness (QED) is 0.913. The van der Waals surface area contributed by atoms with Crippen LogP contribution < -0.4 is 5.32 Å². The minimum absolute atomic E-state index is 0.140. The van der Waals surface area contributed by atoms with E-state index in [1.807, 2.05) is 35.2 Å². The second kappa shape index (κ2) is 5.16. The van der Waals surface area contributed by atoms with Crippen molar-refractivity contribution in [1.82, 2.24) is 4.90 Å². The number of anilines is 1. The summed E-state index contributed by atoms with van der Waals surface area (Å²) in [6, 6.07) is 12.7. The van der Waals surface area contributed by atoms with Crippen LogP contribution in [0, 0.1) is 16.7 Å². The third kappa shape index (κ3) is 2.77. The molecular weight excluding hydrogens is 250 g/mol. The molecule has 1 aromatic carbocycles. The van der Waals surface area contributed by atoms with Gasteiger partial charge in [-0.1, -0.05) is 18.2 Å². The molecule has 0 spiro atoms. The number of nitriles is 1. The molecular formula is C16H19N3O. The molecule has 0 bridgehead atoms. The number of hydrogen-bond acceptors (Lipinski definition) is 3. The van der Waals surface area contributed by atoms with E-state index in [1.165, 1.54) is 0 Å². The standard InChI is InChI=1S/C16H19N3O/c17-12-16(7-8-16)10-15(20)19-9-6-14(11-19)18-13-4-2-1-3-5-13/h1-5,14,18H,6-11H2. The molecule has 104 valence electrons. The fourth-order valence-electron chi connectivity index (χ4n) is 2.75. The maximum absolute atomic E-state index is 12.2. The number of para-hydroxylation sites is 1. The molecule has 1 saturated carbocycles. The average Bonchev–Trinajstić information content (AvgIpc) is 3.09. The largest absolute Gasteiger partial charge is 0.380 e. The normalized spacial score (nSPS) is 23.1. The van der Waals surface area contributed by atoms with Gasteiger partial charge in [0.15, 0.2) is 0 Å². The van der Waals surface area contributed by atoms with Crippen molar-refractivity contribution in [2.45, 2.75) is 31.7 Å². The molecule has 4 heteroatoms. The lowest BCUT2D eigenvalue weighted by molar-refractivity contribution is -0.131. The van der Waals surface area contributed by atoms with Gasteiger partial charge in [0.1, 0.15) is 0 Å². The highest BCUT2D eigenvalue weighted by molar-refractivity contribution is 5.78. The molecule has 1 amide bonds. The Kier molecular flexibility index (Phi) is 3.35. The summed E-state index contributed by atoms with van der Waals surface area (Å²) in [6.07, 6.45) is 3.14. The minimum atomic E-state index is -0.331. The van der Waals surface area contributed by atoms with Crippen LogP contribution in [0.25, 0.3) is 0 Å². The van der Waals surface area contributed by atoms with Crippen LogP contribution in [0.5, 0.6) is 0 Å². The lowest BCUT2D eigenvalue weighted by atomic mass is 10.0. The topological polar surface area (TPSA) is 56.1 Å². The van der Waals surface area contributed by atoms with E-state index in [1.54, 1.807) is 0 Å². The van der Waals surface area contributed by atoms with Crippen molar-refractivity contribution in [2.75, 3.05) is 18.4 Å². The van der Waals surface area contributed by atoms with Gasteiger partial charge in [0, 0.05) is 31.2 Å². The highest BCUT2D eigenvalue weighted by Crippen LogP contribution is 2.48. The van der Waals surface area contributed by atoms with Crippen LogP contribution in [0.15, 0.2) is 30.3 Å². The summed E-state index contributed by atoms with van der Waals surface area (Å²) in [5, 5.41) is 12.5. The highest BCUT2D eigenvalue weighted by atomic mass is 16.2. The van der Waals surface area contributed by atoms with Crippen molar-refractivity contribution in [1.29, 1.82) is 5.26 Å². The van der Waals surface area contributed by atoms with Crippen LogP contribution in [-0.4, -0.2) is 29.9 Å². The Morgan fingerprint density at radius 3 is 2.80 bits per heavy atom. The molecule has 4 nitrogen and oxygen atoms in total. The van der Waals surface area contributed by atoms with Crippen LogP contribution in [0.4, 0.5) is 5.69 Å². The van der Waals surface area contributed by atoms with Gasteiger partial charge < -0.3 is 10.2 Å². The van der Waals surface area contributed by atoms with E-state index in [0.29, 0.717) is 12.5 Å². The van der Waals surface area contributed by atoms with Gasteiger partial charge in [-0.2, -0.15) is 5.26 Å². The number of benzene rings is 1. The molecule has 1 saturated heterocycles. The maximum Gasteiger partial charge on any atom is 0.224 e. The van der Waals surface area contributed by atoms with Crippen molar-refractivity contribution < 1.29 is 4.79 Å². The summed E-state index contributed by atoms with van der Waals surface area (Å²) in [7, 11) is 0. The van der Waals surface area contributed by atoms with Crippen molar-refractivity contribution in [3.63, 3.8) is 0 Å². The number of nitrogens with one attached hydrogen (secondary N) is 1. The average molecular weight is 269 g/mol. The van der Waals surface area contributed by atoms with E-state index in [2.05, 4.69) is 11.4 Å². The lowest BCUT2D eigenvalue weighted by Crippen LogP contribution is -2.32. The van der Waals surface area contributed by atoms with E-state index >= 15 is 0 Å². The molecule has 1 heterocycles. The molecule has 1 unspecified atom stereocenters. The number of rotatable bonds is 4. The summed E-state index contributed by atoms with van der Waals surface area (Å²) in [4.78, 5) is 14.1. The van der Waals surface area contributed by atoms with Crippen molar-refractivity contribution in [2.24, 2.45) is 5.41 Å². The van der Waals surface area contributed by atoms with Gasteiger partial charge in [-0.3, -0.25) is 4.79 Å². The third-order valence-corrected chi connectivity index (χ3v) is 4.27. The third-order valence-electron chi connectivity index (χ3n) is 4.27. The van der Waals surface area contributed by atoms with Gasteiger partial charge in [0.05, 0.1) is 11.5 Å². The van der Waals surface area contributed by atoms with Gasteiger partial charge in [0.2, 0.25) is 5.91 Å². The van der Waals surface area contributed by atoms with Crippen LogP contribution in [0.3, 0.4) is 0 Å². The fourth-order valence-corrected chi connectivity index (χ4v) is 2.75. The van der Waals surface area contributed by atoms with Gasteiger partial charge >= 0.3 is 0 Å². The van der Waals surface area contributed by atoms with Crippen LogP contribution in [-0.2, 0) is 4.79 Å². The first-order chi connectivity index (χ1) is 9.71. The Morgan fingerprint density at radius 1 is 1.40 bits per heavy atom. The molecule has 0 radical (unpaired) electrons. The number of hydrogen-bond donors (Lipinski definition) is 1. The second-order valence-corrected chi connectivity index (χ2v) is 5.90. The summed E-state index contributed by atoms with van der Waals surface area (Å²) in [6.45, 7) is 1.54. The van der Waals surface area contributed by atoms with Crippen molar-refractivity contribution in [3.8, 4) is 6.07 Å². The maximum atomic E-state index is 12.2. The van der Waals surface area contributed by atoms with Gasteiger partial charge in [-0.25, -0.2) is 0 Å². The first kappa shape index (κ1) is 13.0. The smallest absolute Gasteiger partial charge is 0.224 e. The first-order valence-electron chi connectivity index (χ1n) is 7.21. The molecule has 2 fully saturated rings. The summed E-state index contributed by atoms with van der Waals surface area (Å²) < 4.78 is 0. The second-order valence-electron chi connectivity index (χ2n) is 5.90. The van der Waals surface area contributed by atoms with Crippen molar-refractivity contribution in [3.05, 3.63) is 30.3 Å². The van der Waals surface area contributed by atoms with Gasteiger partial charge in [-0.05, 0) is 31.4 Å². The van der Waals surface area contributed by atoms with Crippen molar-refractivity contribution >= 4 is 11.6 Å². The van der Waals surface area contributed by atoms with E-state index in [9.17, 15) is 4.79 Å². The summed E-state index contributed by atoms with van der Waals surface area (Å²) in [5.74, 6) is 0.140. The molecule has 20 heavy (non-hydrogen) atoms. The lowest BCUT2D eigenvalue weighted by Gasteiger charge is -2.18. The zero-order chi connectivity index (χ0) is 14.0. The molecule has 1 N–H and O–H groups in total. The molecule has 1 aliphatic carbocycles. The van der Waals surface area contributed by atoms with Crippen LogP contribution >= 0.6 is 0 Å². The molecule has 1 atom stereocenters. The molecule has 1 aromatic rings. The summed E-state index contributed by atoms with van der Waals surface area (Å²) >= 11 is 0. The molecule has 2 aliphatic rings. The van der Waals surface area contributed by atoms with E-state index in [-0.39, 0.29) is 11.3 Å². The predicted octanol–water partition coefficient (Wildman–Crippen LogP) is 2.39. The predicted molar refractivity (Wildman–Crippen MR) is 76.9 cm³/mol. The Labute approximate surface area is 119 Å². The SMILES string of the molecule is N#CC1(CC(=O)N2CCC(Nc3ccccc3)C2)CC1. The molecule has 0 aromatic heterocycles. The molecule has 1 aliphatic heterocycles. The number of amides is 1. The van der Waals surface area contributed by atoms with Crippen LogP contribution in [0.2, 0.25) is 0 Å². The van der Waals surface area contributed by atoms with Crippen LogP contribution in [0.1, 0.15) is 25.7 Å². The Hall–Kier alpha value is -2.02. The fraction of sp³-hybridized carbons (Fsp3) is 0.500. The van der Waals surface area contributed by atoms with Gasteiger partial charge in [-0.15, -0.1) is 0 Å². The first-order valence-corrected chi connectivity index (χ1v) is 7.21. The monoisotopic (exact) mass is 269 g/mol. The number of likely N-dealkylation sites (tertiary alicyclic amines) is 1. The Morgan fingerprint density at radius 2 is 2.15 bits per heavy atom. The van der Waals surface area contributed by atoms with E-state index in [0.717, 1.165) is 38.0 Å². The van der Waals surface area contributed by atoms with E-state index in [4.69, 9.17) is 5.26 Å². The zero-order valence-electron chi connectivity index (χ0n) is 11.5. The molecule has 3 rings (SSSR count). The summed E-state index contributed by atoms with van der Waals surface area (Å²) in [5.41, 5.74) is 0.768. The minimum Gasteiger partial charge on any atom is -0.380 e. The number of carbonyl (C=O) groups excluding carboxylic acids is 1. The Bertz CT molecular complexity index is 530. The highest BCUT2D eigenvalue weighted by Gasteiger charge is 2.46. The number of nitrogens with zero attached hydrogens (tertiary/aromatic N) is 2. The zero-order valence-corrected chi connectivity index (χ0v) is 11.5. The van der Waals surface area contributed by atoms with E-state index < -0.39 is 0 Å².